The van der Waals surface area contributed by atoms with Crippen LogP contribution in [-0.2, 0) is 14.7 Å². The molecule has 10 heavy (non-hydrogen) atoms. The molecule has 53 valence electrons. The third-order valence-corrected chi connectivity index (χ3v) is 1.52. The highest BCUT2D eigenvalue weighted by atomic mass is 32.2. The third kappa shape index (κ3) is 1.49. The molecule has 0 fully saturated rings. The van der Waals surface area contributed by atoms with Crippen LogP contribution in [0, 0.1) is 0 Å². The number of hydrogen-bond acceptors (Lipinski definition) is 4. The van der Waals surface area contributed by atoms with Crippen molar-refractivity contribution in [1.29, 1.82) is 0 Å². The first-order valence-corrected chi connectivity index (χ1v) is 3.73. The maximum atomic E-state index is 10.2. The molecule has 0 N–H and O–H groups in total. The van der Waals surface area contributed by atoms with Crippen LogP contribution in [0.2, 0.25) is 0 Å². The molecule has 0 aliphatic rings. The minimum absolute atomic E-state index is 0.546. The number of nitrogens with zero attached hydrogens (tertiary/aromatic N) is 2. The smallest absolute Gasteiger partial charge is 0.260 e. The van der Waals surface area contributed by atoms with E-state index in [4.69, 9.17) is 0 Å². The second-order valence-corrected chi connectivity index (χ2v) is 2.82. The Bertz CT molecular complexity index is 307. The zero-order valence-electron chi connectivity index (χ0n) is 4.76. The molecule has 0 aliphatic heterocycles. The van der Waals surface area contributed by atoms with Gasteiger partial charge in [0.2, 0.25) is 5.03 Å². The van der Waals surface area contributed by atoms with Gasteiger partial charge in [-0.1, -0.05) is 4.55 Å². The van der Waals surface area contributed by atoms with Crippen LogP contribution in [0.4, 0.5) is 0 Å². The normalized spacial score (nSPS) is 11.3. The van der Waals surface area contributed by atoms with Crippen molar-refractivity contribution in [2.24, 2.45) is 0 Å². The maximum Gasteiger partial charge on any atom is 0.343 e. The van der Waals surface area contributed by atoms with Crippen LogP contribution in [0.5, 0.6) is 0 Å². The Morgan fingerprint density at radius 2 is 2.00 bits per heavy atom. The summed E-state index contributed by atoms with van der Waals surface area (Å²) in [6.45, 7) is 0. The fourth-order valence-corrected chi connectivity index (χ4v) is 0.794. The molecule has 0 spiro atoms. The molecule has 0 saturated carbocycles. The Morgan fingerprint density at radius 1 is 1.30 bits per heavy atom. The van der Waals surface area contributed by atoms with Gasteiger partial charge in [-0.05, 0) is 0 Å². The monoisotopic (exact) mass is 159 g/mol. The molecule has 1 aromatic heterocycles. The third-order valence-electron chi connectivity index (χ3n) is 0.796. The Kier molecular flexibility index (Phi) is 1.64. The minimum atomic E-state index is -4.43. The van der Waals surface area contributed by atoms with Crippen LogP contribution in [0.1, 0.15) is 0 Å². The van der Waals surface area contributed by atoms with Gasteiger partial charge in [0, 0.05) is 12.4 Å². The van der Waals surface area contributed by atoms with Crippen molar-refractivity contribution in [3.8, 4) is 0 Å². The fraction of sp³-hybridized carbons (Fsp3) is 0. The molecule has 1 rings (SSSR count). The summed E-state index contributed by atoms with van der Waals surface area (Å²) in [5, 5.41) is -0.546. The predicted molar refractivity (Wildman–Crippen MR) is 29.9 cm³/mol. The zero-order valence-corrected chi connectivity index (χ0v) is 5.58. The van der Waals surface area contributed by atoms with E-state index in [2.05, 4.69) is 9.97 Å². The lowest BCUT2D eigenvalue weighted by Crippen LogP contribution is -1.98. The topological polar surface area (TPSA) is 79.8 Å². The van der Waals surface area contributed by atoms with E-state index in [0.29, 0.717) is 0 Å². The minimum Gasteiger partial charge on any atom is -0.260 e. The van der Waals surface area contributed by atoms with Crippen molar-refractivity contribution in [2.45, 2.75) is 5.03 Å². The Hall–Kier alpha value is -1.01. The van der Waals surface area contributed by atoms with Gasteiger partial charge in [-0.3, -0.25) is 4.98 Å². The van der Waals surface area contributed by atoms with Gasteiger partial charge in [0.1, 0.15) is 0 Å². The van der Waals surface area contributed by atoms with Crippen LogP contribution in [0.15, 0.2) is 23.6 Å². The van der Waals surface area contributed by atoms with E-state index in [-0.39, 0.29) is 0 Å². The second kappa shape index (κ2) is 2.31. The van der Waals surface area contributed by atoms with Crippen molar-refractivity contribution in [3.05, 3.63) is 18.6 Å². The van der Waals surface area contributed by atoms with Crippen LogP contribution < -0.4 is 0 Å². The zero-order chi connectivity index (χ0) is 7.61. The van der Waals surface area contributed by atoms with E-state index in [1.165, 1.54) is 6.20 Å². The highest BCUT2D eigenvalue weighted by Gasteiger charge is 2.11. The SMILES string of the molecule is [O]S(=O)(=O)c1cnccn1. The molecule has 0 saturated heterocycles. The largest absolute Gasteiger partial charge is 0.343 e. The summed E-state index contributed by atoms with van der Waals surface area (Å²) in [5.41, 5.74) is 0. The van der Waals surface area contributed by atoms with Gasteiger partial charge in [0.05, 0.1) is 6.20 Å². The van der Waals surface area contributed by atoms with Crippen LogP contribution in [0.3, 0.4) is 0 Å². The van der Waals surface area contributed by atoms with E-state index in [0.717, 1.165) is 12.4 Å². The first-order chi connectivity index (χ1) is 4.61. The molecule has 1 aromatic rings. The Labute approximate surface area is 57.5 Å². The van der Waals surface area contributed by atoms with Crippen molar-refractivity contribution < 1.29 is 13.0 Å². The molecule has 1 heterocycles. The fourth-order valence-electron chi connectivity index (χ4n) is 0.415. The van der Waals surface area contributed by atoms with Crippen molar-refractivity contribution in [3.63, 3.8) is 0 Å². The summed E-state index contributed by atoms with van der Waals surface area (Å²) in [7, 11) is -4.43. The molecule has 1 radical (unpaired) electrons. The average molecular weight is 159 g/mol. The summed E-state index contributed by atoms with van der Waals surface area (Å²) in [6.07, 6.45) is 3.34. The van der Waals surface area contributed by atoms with Crippen molar-refractivity contribution in [1.82, 2.24) is 9.97 Å². The molecular weight excluding hydrogens is 156 g/mol. The van der Waals surface area contributed by atoms with Gasteiger partial charge in [-0.15, -0.1) is 0 Å². The van der Waals surface area contributed by atoms with Crippen LogP contribution in [0.25, 0.3) is 0 Å². The Morgan fingerprint density at radius 3 is 2.30 bits per heavy atom. The molecule has 0 atom stereocenters. The summed E-state index contributed by atoms with van der Waals surface area (Å²) in [6, 6.07) is 0. The summed E-state index contributed by atoms with van der Waals surface area (Å²) >= 11 is 0. The molecule has 0 amide bonds. The highest BCUT2D eigenvalue weighted by molar-refractivity contribution is 7.85. The average Bonchev–Trinajstić information content (AvgIpc) is 1.88. The first kappa shape index (κ1) is 7.10. The van der Waals surface area contributed by atoms with E-state index in [1.54, 1.807) is 0 Å². The van der Waals surface area contributed by atoms with Gasteiger partial charge in [-0.2, -0.15) is 8.42 Å². The standard InChI is InChI=1S/C4H3N2O3S/c7-10(8,9)4-3-5-1-2-6-4/h1-3H. The summed E-state index contributed by atoms with van der Waals surface area (Å²) in [4.78, 5) is 6.70. The quantitative estimate of drug-likeness (QED) is 0.558. The van der Waals surface area contributed by atoms with Crippen molar-refractivity contribution >= 4 is 10.1 Å². The molecule has 0 unspecified atom stereocenters. The lowest BCUT2D eigenvalue weighted by Gasteiger charge is -1.88. The molecular formula is C4H3N2O3S. The van der Waals surface area contributed by atoms with Crippen LogP contribution >= 0.6 is 0 Å². The maximum absolute atomic E-state index is 10.2. The Balaban J connectivity index is 3.22. The molecule has 5 nitrogen and oxygen atoms in total. The van der Waals surface area contributed by atoms with Gasteiger partial charge in [-0.25, -0.2) is 4.98 Å². The van der Waals surface area contributed by atoms with Gasteiger partial charge >= 0.3 is 10.1 Å². The molecule has 0 aliphatic carbocycles. The number of rotatable bonds is 1. The molecule has 6 heteroatoms. The predicted octanol–water partition coefficient (Wildman–Crippen LogP) is -0.404. The lowest BCUT2D eigenvalue weighted by molar-refractivity contribution is 0.411. The summed E-state index contributed by atoms with van der Waals surface area (Å²) < 4.78 is 30.5. The summed E-state index contributed by atoms with van der Waals surface area (Å²) in [5.74, 6) is 0. The van der Waals surface area contributed by atoms with E-state index < -0.39 is 15.1 Å². The van der Waals surface area contributed by atoms with E-state index in [1.807, 2.05) is 0 Å². The van der Waals surface area contributed by atoms with Crippen LogP contribution in [-0.4, -0.2) is 18.4 Å². The second-order valence-electron chi connectivity index (χ2n) is 1.50. The lowest BCUT2D eigenvalue weighted by atomic mass is 10.8. The van der Waals surface area contributed by atoms with E-state index >= 15 is 0 Å². The molecule has 0 aromatic carbocycles. The van der Waals surface area contributed by atoms with Gasteiger partial charge in [0.15, 0.2) is 0 Å². The van der Waals surface area contributed by atoms with Crippen molar-refractivity contribution in [2.75, 3.05) is 0 Å². The first-order valence-electron chi connectivity index (χ1n) is 2.32. The van der Waals surface area contributed by atoms with Gasteiger partial charge < -0.3 is 0 Å². The number of aromatic nitrogens is 2. The van der Waals surface area contributed by atoms with E-state index in [9.17, 15) is 13.0 Å². The number of hydrogen-bond donors (Lipinski definition) is 0. The highest BCUT2D eigenvalue weighted by Crippen LogP contribution is 1.99. The molecule has 0 bridgehead atoms. The van der Waals surface area contributed by atoms with Gasteiger partial charge in [0.25, 0.3) is 0 Å².